The Balaban J connectivity index is 2.15. The van der Waals surface area contributed by atoms with Gasteiger partial charge in [-0.15, -0.1) is 0 Å². The maximum atomic E-state index is 5.26. The van der Waals surface area contributed by atoms with Gasteiger partial charge in [-0.2, -0.15) is 4.98 Å². The van der Waals surface area contributed by atoms with E-state index in [0.717, 1.165) is 18.1 Å². The topological polar surface area (TPSA) is 53.1 Å². The van der Waals surface area contributed by atoms with Crippen LogP contribution in [0.25, 0.3) is 0 Å². The Bertz CT molecular complexity index is 503. The van der Waals surface area contributed by atoms with Crippen LogP contribution in [0.15, 0.2) is 6.07 Å². The van der Waals surface area contributed by atoms with Crippen LogP contribution >= 0.6 is 12.2 Å². The van der Waals surface area contributed by atoms with Gasteiger partial charge in [-0.25, -0.2) is 4.98 Å². The molecule has 0 radical (unpaired) electrons. The monoisotopic (exact) mass is 307 g/mol. The van der Waals surface area contributed by atoms with E-state index in [9.17, 15) is 0 Å². The number of nitrogens with zero attached hydrogens (tertiary/aromatic N) is 3. The van der Waals surface area contributed by atoms with E-state index < -0.39 is 0 Å². The largest absolute Gasteiger partial charge is 0.360 e. The van der Waals surface area contributed by atoms with Gasteiger partial charge in [0.15, 0.2) is 5.11 Å². The maximum Gasteiger partial charge on any atom is 0.231 e. The normalized spacial score (nSPS) is 18.7. The first-order valence-electron chi connectivity index (χ1n) is 7.65. The lowest BCUT2D eigenvalue weighted by atomic mass is 10.0. The molecule has 2 rings (SSSR count). The minimum absolute atomic E-state index is 0.288. The zero-order valence-corrected chi connectivity index (χ0v) is 14.1. The van der Waals surface area contributed by atoms with Gasteiger partial charge in [0.25, 0.3) is 0 Å². The van der Waals surface area contributed by atoms with Gasteiger partial charge in [-0.1, -0.05) is 0 Å². The van der Waals surface area contributed by atoms with Crippen molar-refractivity contribution < 1.29 is 0 Å². The van der Waals surface area contributed by atoms with Crippen molar-refractivity contribution in [3.63, 3.8) is 0 Å². The van der Waals surface area contributed by atoms with E-state index in [1.165, 1.54) is 19.3 Å². The molecule has 0 aromatic carbocycles. The van der Waals surface area contributed by atoms with Gasteiger partial charge in [-0.3, -0.25) is 0 Å². The van der Waals surface area contributed by atoms with Crippen LogP contribution in [-0.4, -0.2) is 33.7 Å². The van der Waals surface area contributed by atoms with Gasteiger partial charge >= 0.3 is 0 Å². The molecule has 0 saturated carbocycles. The number of rotatable bonds is 3. The van der Waals surface area contributed by atoms with Gasteiger partial charge in [0, 0.05) is 30.4 Å². The molecule has 1 aliphatic rings. The third kappa shape index (κ3) is 4.52. The molecule has 0 aliphatic carbocycles. The summed E-state index contributed by atoms with van der Waals surface area (Å²) in [6.45, 7) is 9.40. The fourth-order valence-electron chi connectivity index (χ4n) is 2.59. The molecule has 1 unspecified atom stereocenters. The number of nitrogens with one attached hydrogen (secondary N) is 2. The van der Waals surface area contributed by atoms with Crippen molar-refractivity contribution in [3.05, 3.63) is 11.8 Å². The number of thiocarbonyl (C=S) groups is 1. The highest BCUT2D eigenvalue weighted by atomic mass is 32.1. The molecular weight excluding hydrogens is 282 g/mol. The highest BCUT2D eigenvalue weighted by Gasteiger charge is 2.20. The van der Waals surface area contributed by atoms with E-state index in [1.807, 2.05) is 26.8 Å². The molecule has 0 bridgehead atoms. The van der Waals surface area contributed by atoms with E-state index in [0.29, 0.717) is 17.1 Å². The molecule has 1 atom stereocenters. The third-order valence-corrected chi connectivity index (χ3v) is 3.80. The predicted octanol–water partition coefficient (Wildman–Crippen LogP) is 2.86. The van der Waals surface area contributed by atoms with Crippen molar-refractivity contribution in [2.45, 2.75) is 59.0 Å². The van der Waals surface area contributed by atoms with Crippen molar-refractivity contribution >= 4 is 29.1 Å². The van der Waals surface area contributed by atoms with Gasteiger partial charge in [-0.05, 0) is 59.2 Å². The Labute approximate surface area is 132 Å². The summed E-state index contributed by atoms with van der Waals surface area (Å²) >= 11 is 5.26. The summed E-state index contributed by atoms with van der Waals surface area (Å²) in [6, 6.07) is 2.87. The van der Waals surface area contributed by atoms with Gasteiger partial charge in [0.2, 0.25) is 5.95 Å². The summed E-state index contributed by atoms with van der Waals surface area (Å²) in [4.78, 5) is 11.4. The summed E-state index contributed by atoms with van der Waals surface area (Å²) in [6.07, 6.45) is 3.75. The van der Waals surface area contributed by atoms with Gasteiger partial charge < -0.3 is 15.5 Å². The average Bonchev–Trinajstić information content (AvgIpc) is 2.37. The van der Waals surface area contributed by atoms with Crippen molar-refractivity contribution in [1.82, 2.24) is 15.3 Å². The van der Waals surface area contributed by atoms with Gasteiger partial charge in [0.1, 0.15) is 5.82 Å². The lowest BCUT2D eigenvalue weighted by molar-refractivity contribution is 0.481. The summed E-state index contributed by atoms with van der Waals surface area (Å²) in [5, 5.41) is 6.79. The van der Waals surface area contributed by atoms with E-state index >= 15 is 0 Å². The molecule has 0 spiro atoms. The van der Waals surface area contributed by atoms with Crippen LogP contribution in [0.1, 0.15) is 45.7 Å². The second kappa shape index (κ2) is 7.02. The Morgan fingerprint density at radius 2 is 2.14 bits per heavy atom. The van der Waals surface area contributed by atoms with Crippen molar-refractivity contribution in [1.29, 1.82) is 0 Å². The highest BCUT2D eigenvalue weighted by molar-refractivity contribution is 7.80. The number of anilines is 2. The number of hydrogen-bond acceptors (Lipinski definition) is 4. The van der Waals surface area contributed by atoms with Crippen LogP contribution < -0.4 is 15.5 Å². The first-order chi connectivity index (χ1) is 9.95. The lowest BCUT2D eigenvalue weighted by Gasteiger charge is -2.34. The Morgan fingerprint density at radius 1 is 1.38 bits per heavy atom. The quantitative estimate of drug-likeness (QED) is 0.838. The van der Waals surface area contributed by atoms with Crippen molar-refractivity contribution in [2.24, 2.45) is 0 Å². The summed E-state index contributed by atoms with van der Waals surface area (Å²) in [5.74, 6) is 1.56. The zero-order chi connectivity index (χ0) is 15.4. The number of aromatic nitrogens is 2. The average molecular weight is 307 g/mol. The van der Waals surface area contributed by atoms with Crippen LogP contribution in [0, 0.1) is 6.92 Å². The summed E-state index contributed by atoms with van der Waals surface area (Å²) in [5.41, 5.74) is 0.952. The van der Waals surface area contributed by atoms with E-state index in [2.05, 4.69) is 32.4 Å². The maximum absolute atomic E-state index is 5.26. The minimum Gasteiger partial charge on any atom is -0.360 e. The second-order valence-electron chi connectivity index (χ2n) is 5.98. The molecule has 1 fully saturated rings. The summed E-state index contributed by atoms with van der Waals surface area (Å²) in [7, 11) is 0. The van der Waals surface area contributed by atoms with Crippen molar-refractivity contribution in [3.8, 4) is 0 Å². The van der Waals surface area contributed by atoms with E-state index in [4.69, 9.17) is 12.2 Å². The predicted molar refractivity (Wildman–Crippen MR) is 91.9 cm³/mol. The molecule has 1 saturated heterocycles. The Morgan fingerprint density at radius 3 is 2.81 bits per heavy atom. The van der Waals surface area contributed by atoms with E-state index in [-0.39, 0.29) is 6.04 Å². The third-order valence-electron chi connectivity index (χ3n) is 3.58. The molecule has 1 aromatic rings. The molecule has 1 aliphatic heterocycles. The van der Waals surface area contributed by atoms with Gasteiger partial charge in [0.05, 0.1) is 0 Å². The van der Waals surface area contributed by atoms with E-state index in [1.54, 1.807) is 0 Å². The standard InChI is InChI=1S/C15H25N5S/c1-10(2)16-15(21)19-14-17-11(3)9-13(18-14)20-8-6-5-7-12(20)4/h9-10,12H,5-8H2,1-4H3,(H2,16,17,18,19,21). The Hall–Kier alpha value is -1.43. The minimum atomic E-state index is 0.288. The first kappa shape index (κ1) is 15.9. The molecule has 6 heteroatoms. The van der Waals surface area contributed by atoms with Crippen LogP contribution in [0.3, 0.4) is 0 Å². The first-order valence-corrected chi connectivity index (χ1v) is 8.06. The molecule has 2 heterocycles. The summed E-state index contributed by atoms with van der Waals surface area (Å²) < 4.78 is 0. The SMILES string of the molecule is Cc1cc(N2CCCCC2C)nc(NC(=S)NC(C)C)n1. The highest BCUT2D eigenvalue weighted by Crippen LogP contribution is 2.24. The molecule has 1 aromatic heterocycles. The number of aryl methyl sites for hydroxylation is 1. The number of hydrogen-bond donors (Lipinski definition) is 2. The van der Waals surface area contributed by atoms with Crippen LogP contribution in [0.2, 0.25) is 0 Å². The fourth-order valence-corrected chi connectivity index (χ4v) is 2.92. The number of piperidine rings is 1. The molecule has 21 heavy (non-hydrogen) atoms. The molecule has 116 valence electrons. The fraction of sp³-hybridized carbons (Fsp3) is 0.667. The molecule has 0 amide bonds. The molecule has 2 N–H and O–H groups in total. The van der Waals surface area contributed by atoms with Crippen LogP contribution in [0.5, 0.6) is 0 Å². The lowest BCUT2D eigenvalue weighted by Crippen LogP contribution is -2.38. The van der Waals surface area contributed by atoms with Crippen LogP contribution in [0.4, 0.5) is 11.8 Å². The molecule has 5 nitrogen and oxygen atoms in total. The van der Waals surface area contributed by atoms with Crippen LogP contribution in [-0.2, 0) is 0 Å². The zero-order valence-electron chi connectivity index (χ0n) is 13.3. The smallest absolute Gasteiger partial charge is 0.231 e. The molecular formula is C15H25N5S. The van der Waals surface area contributed by atoms with Crippen molar-refractivity contribution in [2.75, 3.05) is 16.8 Å². The second-order valence-corrected chi connectivity index (χ2v) is 6.39. The Kier molecular flexibility index (Phi) is 5.33.